The van der Waals surface area contributed by atoms with Crippen molar-refractivity contribution in [2.24, 2.45) is 0 Å². The van der Waals surface area contributed by atoms with E-state index in [0.717, 1.165) is 18.2 Å². The van der Waals surface area contributed by atoms with Crippen LogP contribution in [-0.2, 0) is 6.42 Å². The number of aliphatic hydroxyl groups excluding tert-OH is 1. The van der Waals surface area contributed by atoms with Crippen LogP contribution in [0.5, 0.6) is 0 Å². The van der Waals surface area contributed by atoms with Crippen LogP contribution in [0.25, 0.3) is 0 Å². The van der Waals surface area contributed by atoms with Crippen LogP contribution in [0.2, 0.25) is 0 Å². The van der Waals surface area contributed by atoms with Gasteiger partial charge in [0.2, 0.25) is 0 Å². The van der Waals surface area contributed by atoms with Gasteiger partial charge in [-0.1, -0.05) is 31.2 Å². The van der Waals surface area contributed by atoms with Crippen LogP contribution in [0.15, 0.2) is 24.3 Å². The number of benzene rings is 1. The lowest BCUT2D eigenvalue weighted by atomic mass is 9.88. The molecule has 0 heterocycles. The molecule has 1 aromatic carbocycles. The second-order valence-corrected chi connectivity index (χ2v) is 6.89. The molecule has 0 aromatic heterocycles. The summed E-state index contributed by atoms with van der Waals surface area (Å²) in [5.74, 6) is -46.9. The number of halogens is 15. The minimum atomic E-state index is -8.33. The summed E-state index contributed by atoms with van der Waals surface area (Å²) in [7, 11) is 0. The van der Waals surface area contributed by atoms with Crippen LogP contribution in [0.4, 0.5) is 65.9 Å². The molecule has 0 aliphatic heterocycles. The van der Waals surface area contributed by atoms with Crippen molar-refractivity contribution in [1.29, 1.82) is 0 Å². The number of alkyl halides is 15. The van der Waals surface area contributed by atoms with E-state index in [2.05, 4.69) is 0 Å². The van der Waals surface area contributed by atoms with E-state index in [9.17, 15) is 71.0 Å². The molecule has 0 amide bonds. The second-order valence-electron chi connectivity index (χ2n) is 6.89. The highest BCUT2D eigenvalue weighted by atomic mass is 19.4. The second kappa shape index (κ2) is 8.41. The predicted molar refractivity (Wildman–Crippen MR) is 81.1 cm³/mol. The highest BCUT2D eigenvalue weighted by Crippen LogP contribution is 2.63. The zero-order chi connectivity index (χ0) is 26.5. The molecule has 0 aliphatic carbocycles. The first-order valence-electron chi connectivity index (χ1n) is 8.53. The number of aryl methyl sites for hydroxylation is 1. The first kappa shape index (κ1) is 29.2. The maximum absolute atomic E-state index is 13.9. The fourth-order valence-corrected chi connectivity index (χ4v) is 2.51. The summed E-state index contributed by atoms with van der Waals surface area (Å²) in [6, 6.07) is 4.18. The van der Waals surface area contributed by atoms with Gasteiger partial charge in [-0.3, -0.25) is 0 Å². The monoisotopic (exact) mass is 518 g/mol. The van der Waals surface area contributed by atoms with Crippen molar-refractivity contribution >= 4 is 0 Å². The van der Waals surface area contributed by atoms with Gasteiger partial charge in [0.25, 0.3) is 0 Å². The fourth-order valence-electron chi connectivity index (χ4n) is 2.51. The van der Waals surface area contributed by atoms with E-state index in [0.29, 0.717) is 5.56 Å². The maximum atomic E-state index is 13.9. The predicted octanol–water partition coefficient (Wildman–Crippen LogP) is 7.05. The Morgan fingerprint density at radius 3 is 1.52 bits per heavy atom. The molecule has 16 heteroatoms. The zero-order valence-corrected chi connectivity index (χ0v) is 15.9. The molecule has 192 valence electrons. The molecule has 1 rings (SSSR count). The summed E-state index contributed by atoms with van der Waals surface area (Å²) >= 11 is 0. The van der Waals surface area contributed by atoms with Crippen LogP contribution in [-0.4, -0.2) is 46.8 Å². The van der Waals surface area contributed by atoms with Crippen molar-refractivity contribution in [1.82, 2.24) is 0 Å². The first-order valence-corrected chi connectivity index (χ1v) is 8.53. The van der Waals surface area contributed by atoms with E-state index in [-0.39, 0.29) is 6.42 Å². The van der Waals surface area contributed by atoms with Crippen LogP contribution in [0.1, 0.15) is 30.6 Å². The van der Waals surface area contributed by atoms with Gasteiger partial charge in [-0.05, 0) is 17.5 Å². The number of rotatable bonds is 9. The van der Waals surface area contributed by atoms with Gasteiger partial charge in [0.1, 0.15) is 0 Å². The lowest BCUT2D eigenvalue weighted by Gasteiger charge is -2.41. The molecule has 0 aliphatic rings. The molecule has 1 nitrogen and oxygen atoms in total. The van der Waals surface area contributed by atoms with E-state index in [1.807, 2.05) is 0 Å². The lowest BCUT2D eigenvalue weighted by molar-refractivity contribution is -0.453. The third kappa shape index (κ3) is 4.46. The normalized spacial score (nSPS) is 16.2. The minimum Gasteiger partial charge on any atom is -0.388 e. The van der Waals surface area contributed by atoms with Gasteiger partial charge >= 0.3 is 41.7 Å². The van der Waals surface area contributed by atoms with Crippen molar-refractivity contribution in [3.05, 3.63) is 35.4 Å². The molecule has 0 spiro atoms. The van der Waals surface area contributed by atoms with E-state index in [4.69, 9.17) is 0 Å². The van der Waals surface area contributed by atoms with Crippen molar-refractivity contribution < 1.29 is 71.0 Å². The van der Waals surface area contributed by atoms with Gasteiger partial charge in [-0.15, -0.1) is 0 Å². The third-order valence-electron chi connectivity index (χ3n) is 4.59. The van der Waals surface area contributed by atoms with Crippen LogP contribution < -0.4 is 0 Å². The van der Waals surface area contributed by atoms with Gasteiger partial charge in [0, 0.05) is 6.42 Å². The maximum Gasteiger partial charge on any atom is 0.460 e. The Morgan fingerprint density at radius 2 is 1.09 bits per heavy atom. The summed E-state index contributed by atoms with van der Waals surface area (Å²) in [5, 5.41) is 9.64. The van der Waals surface area contributed by atoms with Crippen molar-refractivity contribution in [2.45, 2.75) is 67.6 Å². The lowest BCUT2D eigenvalue weighted by Crippen LogP contribution is -2.72. The summed E-state index contributed by atoms with van der Waals surface area (Å²) in [6.45, 7) is 1.51. The molecule has 0 radical (unpaired) electrons. The average Bonchev–Trinajstić information content (AvgIpc) is 2.65. The SMILES string of the molecule is CCc1cccc(C(O)CC(F)(F)C(F)(F)C(F)(F)C(F)(F)C(F)(F)C(F)(F)C(F)(F)F)c1. The Hall–Kier alpha value is -1.87. The van der Waals surface area contributed by atoms with Gasteiger partial charge in [0.05, 0.1) is 6.10 Å². The van der Waals surface area contributed by atoms with Crippen LogP contribution in [0, 0.1) is 0 Å². The smallest absolute Gasteiger partial charge is 0.388 e. The molecule has 1 N–H and O–H groups in total. The zero-order valence-electron chi connectivity index (χ0n) is 15.9. The molecule has 0 saturated carbocycles. The highest BCUT2D eigenvalue weighted by molar-refractivity contribution is 5.25. The Labute approximate surface area is 175 Å². The Morgan fingerprint density at radius 1 is 0.667 bits per heavy atom. The van der Waals surface area contributed by atoms with Crippen molar-refractivity contribution in [2.75, 3.05) is 0 Å². The number of hydrogen-bond acceptors (Lipinski definition) is 1. The average molecular weight is 518 g/mol. The molecular weight excluding hydrogens is 505 g/mol. The third-order valence-corrected chi connectivity index (χ3v) is 4.59. The Balaban J connectivity index is 3.44. The Bertz CT molecular complexity index is 828. The van der Waals surface area contributed by atoms with Crippen molar-refractivity contribution in [3.63, 3.8) is 0 Å². The molecular formula is C17H13F15O. The molecule has 1 aromatic rings. The van der Waals surface area contributed by atoms with E-state index >= 15 is 0 Å². The van der Waals surface area contributed by atoms with Crippen LogP contribution in [0.3, 0.4) is 0 Å². The number of aliphatic hydroxyl groups is 1. The highest BCUT2D eigenvalue weighted by Gasteiger charge is 2.93. The van der Waals surface area contributed by atoms with Gasteiger partial charge < -0.3 is 5.11 Å². The quantitative estimate of drug-likeness (QED) is 0.348. The van der Waals surface area contributed by atoms with Gasteiger partial charge in [-0.2, -0.15) is 65.9 Å². The molecule has 0 bridgehead atoms. The molecule has 0 fully saturated rings. The molecule has 1 atom stereocenters. The first-order chi connectivity index (χ1) is 14.4. The largest absolute Gasteiger partial charge is 0.460 e. The van der Waals surface area contributed by atoms with E-state index < -0.39 is 59.8 Å². The van der Waals surface area contributed by atoms with Crippen LogP contribution >= 0.6 is 0 Å². The standard InChI is InChI=1S/C17H13F15O/c1-2-8-4-3-5-9(6-8)10(33)7-11(18,19)12(20,21)13(22,23)14(24,25)15(26,27)16(28,29)17(30,31)32/h3-6,10,33H,2,7H2,1H3. The van der Waals surface area contributed by atoms with E-state index in [1.54, 1.807) is 0 Å². The topological polar surface area (TPSA) is 20.2 Å². The van der Waals surface area contributed by atoms with Gasteiger partial charge in [-0.25, -0.2) is 0 Å². The van der Waals surface area contributed by atoms with E-state index in [1.165, 1.54) is 13.0 Å². The molecule has 33 heavy (non-hydrogen) atoms. The fraction of sp³-hybridized carbons (Fsp3) is 0.647. The molecule has 1 unspecified atom stereocenters. The summed E-state index contributed by atoms with van der Waals surface area (Å²) in [5.41, 5.74) is -0.318. The van der Waals surface area contributed by atoms with Crippen molar-refractivity contribution in [3.8, 4) is 0 Å². The summed E-state index contributed by atoms with van der Waals surface area (Å²) in [4.78, 5) is 0. The number of hydrogen-bond donors (Lipinski definition) is 1. The summed E-state index contributed by atoms with van der Waals surface area (Å²) in [6.07, 6.45) is -13.0. The minimum absolute atomic E-state index is 0.194. The summed E-state index contributed by atoms with van der Waals surface area (Å²) < 4.78 is 197. The molecule has 0 saturated heterocycles. The Kier molecular flexibility index (Phi) is 7.43. The van der Waals surface area contributed by atoms with Gasteiger partial charge in [0.15, 0.2) is 0 Å².